The molecule has 0 atom stereocenters. The Bertz CT molecular complexity index is 53.2. The summed E-state index contributed by atoms with van der Waals surface area (Å²) in [4.78, 5) is 0. The lowest BCUT2D eigenvalue weighted by Gasteiger charge is -2.07. The van der Waals surface area contributed by atoms with Crippen molar-refractivity contribution in [2.75, 3.05) is 0 Å². The van der Waals surface area contributed by atoms with Gasteiger partial charge in [0.1, 0.15) is 0 Å². The maximum absolute atomic E-state index is 2.36. The Morgan fingerprint density at radius 3 is 1.80 bits per heavy atom. The van der Waals surface area contributed by atoms with E-state index < -0.39 is 0 Å². The third-order valence-electron chi connectivity index (χ3n) is 2.12. The van der Waals surface area contributed by atoms with Crippen LogP contribution < -0.4 is 0 Å². The van der Waals surface area contributed by atoms with E-state index in [1.54, 1.807) is 6.04 Å². The van der Waals surface area contributed by atoms with Gasteiger partial charge in [-0.25, -0.2) is 0 Å². The van der Waals surface area contributed by atoms with Gasteiger partial charge in [0, 0.05) is 8.80 Å². The molecule has 2 heteroatoms. The molecule has 0 amide bonds. The highest BCUT2D eigenvalue weighted by Gasteiger charge is 2.02. The van der Waals surface area contributed by atoms with Crippen molar-refractivity contribution in [3.63, 3.8) is 0 Å². The fourth-order valence-corrected chi connectivity index (χ4v) is 3.57. The average molecular weight is 162 g/mol. The van der Waals surface area contributed by atoms with Crippen LogP contribution in [-0.2, 0) is 0 Å². The van der Waals surface area contributed by atoms with E-state index in [-0.39, 0.29) is 14.3 Å². The van der Waals surface area contributed by atoms with Crippen molar-refractivity contribution in [2.45, 2.75) is 51.7 Å². The Balaban J connectivity index is 0. The zero-order valence-electron chi connectivity index (χ0n) is 7.61. The van der Waals surface area contributed by atoms with E-state index in [1.807, 2.05) is 0 Å². The molecule has 0 aromatic rings. The smallest absolute Gasteiger partial charge is 0.0362 e. The Hall–Kier alpha value is 0.177. The molecule has 2 N–H and O–H groups in total. The Labute approximate surface area is 66.8 Å². The molecule has 0 aliphatic heterocycles. The van der Waals surface area contributed by atoms with Crippen LogP contribution in [0.1, 0.15) is 33.6 Å². The van der Waals surface area contributed by atoms with Gasteiger partial charge >= 0.3 is 0 Å². The molecule has 0 aliphatic rings. The first-order valence-electron chi connectivity index (χ1n) is 4.35. The fraction of sp³-hybridized carbons (Fsp3) is 1.00. The normalized spacial score (nSPS) is 9.60. The lowest BCUT2D eigenvalue weighted by molar-refractivity contribution is 0.824. The van der Waals surface area contributed by atoms with Crippen LogP contribution in [0.25, 0.3) is 0 Å². The highest BCUT2D eigenvalue weighted by Crippen LogP contribution is 2.08. The molecule has 0 spiro atoms. The van der Waals surface area contributed by atoms with Crippen molar-refractivity contribution in [1.29, 1.82) is 0 Å². The molecule has 10 heavy (non-hydrogen) atoms. The van der Waals surface area contributed by atoms with Gasteiger partial charge in [0.05, 0.1) is 0 Å². The molecule has 0 bridgehead atoms. The molecule has 0 heterocycles. The number of hydrogen-bond donors (Lipinski definition) is 0. The van der Waals surface area contributed by atoms with E-state index in [1.165, 1.54) is 24.9 Å². The highest BCUT2D eigenvalue weighted by atomic mass is 28.3. The second kappa shape index (κ2) is 9.18. The molecule has 0 aromatic heterocycles. The standard InChI is InChI=1S/C8H20Si.H2O/c1-4-7-8-9(5-2)6-3;/h9H,4-8H2,1-3H3;1H2. The maximum atomic E-state index is 2.36. The minimum atomic E-state index is -0.210. The van der Waals surface area contributed by atoms with Crippen LogP contribution in [0.3, 0.4) is 0 Å². The highest BCUT2D eigenvalue weighted by molar-refractivity contribution is 6.58. The molecular formula is C8H22OSi. The maximum Gasteiger partial charge on any atom is 0.0362 e. The van der Waals surface area contributed by atoms with Gasteiger partial charge < -0.3 is 5.48 Å². The molecule has 64 valence electrons. The Morgan fingerprint density at radius 2 is 1.50 bits per heavy atom. The van der Waals surface area contributed by atoms with Crippen molar-refractivity contribution in [3.05, 3.63) is 0 Å². The van der Waals surface area contributed by atoms with Crippen molar-refractivity contribution in [3.8, 4) is 0 Å². The molecule has 0 saturated heterocycles. The van der Waals surface area contributed by atoms with Gasteiger partial charge in [-0.1, -0.05) is 51.7 Å². The molecule has 0 fully saturated rings. The van der Waals surface area contributed by atoms with Gasteiger partial charge in [0.2, 0.25) is 0 Å². The van der Waals surface area contributed by atoms with Crippen LogP contribution in [-0.4, -0.2) is 14.3 Å². The van der Waals surface area contributed by atoms with Crippen molar-refractivity contribution < 1.29 is 5.48 Å². The topological polar surface area (TPSA) is 31.5 Å². The number of hydrogen-bond acceptors (Lipinski definition) is 0. The van der Waals surface area contributed by atoms with Crippen LogP contribution in [0, 0.1) is 0 Å². The van der Waals surface area contributed by atoms with Crippen LogP contribution >= 0.6 is 0 Å². The lowest BCUT2D eigenvalue weighted by Crippen LogP contribution is -2.07. The van der Waals surface area contributed by atoms with Crippen molar-refractivity contribution in [1.82, 2.24) is 0 Å². The summed E-state index contributed by atoms with van der Waals surface area (Å²) in [6, 6.07) is 4.61. The van der Waals surface area contributed by atoms with Crippen molar-refractivity contribution in [2.24, 2.45) is 0 Å². The minimum absolute atomic E-state index is 0. The van der Waals surface area contributed by atoms with Crippen molar-refractivity contribution >= 4 is 8.80 Å². The zero-order valence-corrected chi connectivity index (χ0v) is 8.77. The summed E-state index contributed by atoms with van der Waals surface area (Å²) in [5.74, 6) is 0. The SMILES string of the molecule is CCCC[SiH](CC)CC.O. The van der Waals surface area contributed by atoms with Gasteiger partial charge in [0.15, 0.2) is 0 Å². The van der Waals surface area contributed by atoms with Gasteiger partial charge in [0.25, 0.3) is 0 Å². The first-order valence-corrected chi connectivity index (χ1v) is 6.80. The molecule has 0 saturated carbocycles. The quantitative estimate of drug-likeness (QED) is 0.555. The van der Waals surface area contributed by atoms with E-state index in [2.05, 4.69) is 20.8 Å². The third kappa shape index (κ3) is 6.30. The largest absolute Gasteiger partial charge is 0.412 e. The lowest BCUT2D eigenvalue weighted by atomic mass is 10.4. The fourth-order valence-electron chi connectivity index (χ4n) is 1.19. The summed E-state index contributed by atoms with van der Waals surface area (Å²) in [5.41, 5.74) is 0. The third-order valence-corrected chi connectivity index (χ3v) is 5.65. The van der Waals surface area contributed by atoms with Gasteiger partial charge in [-0.3, -0.25) is 0 Å². The molecule has 0 aliphatic carbocycles. The first kappa shape index (κ1) is 12.8. The second-order valence-electron chi connectivity index (χ2n) is 2.82. The predicted octanol–water partition coefficient (Wildman–Crippen LogP) is 2.23. The minimum Gasteiger partial charge on any atom is -0.412 e. The van der Waals surface area contributed by atoms with Crippen LogP contribution in [0.5, 0.6) is 0 Å². The van der Waals surface area contributed by atoms with E-state index in [9.17, 15) is 0 Å². The van der Waals surface area contributed by atoms with Crippen LogP contribution in [0.15, 0.2) is 0 Å². The summed E-state index contributed by atoms with van der Waals surface area (Å²) in [5, 5.41) is 0. The molecular weight excluding hydrogens is 140 g/mol. The Kier molecular flexibility index (Phi) is 11.8. The van der Waals surface area contributed by atoms with E-state index >= 15 is 0 Å². The summed E-state index contributed by atoms with van der Waals surface area (Å²) >= 11 is 0. The Morgan fingerprint density at radius 1 is 1.00 bits per heavy atom. The molecule has 0 rings (SSSR count). The summed E-state index contributed by atoms with van der Waals surface area (Å²) in [6.07, 6.45) is 2.88. The molecule has 0 aromatic carbocycles. The van der Waals surface area contributed by atoms with E-state index in [0.29, 0.717) is 0 Å². The number of rotatable bonds is 5. The molecule has 0 radical (unpaired) electrons. The van der Waals surface area contributed by atoms with Gasteiger partial charge in [-0.05, 0) is 0 Å². The average Bonchev–Trinajstić information content (AvgIpc) is 1.91. The molecule has 0 unspecified atom stereocenters. The van der Waals surface area contributed by atoms with E-state index in [0.717, 1.165) is 0 Å². The second-order valence-corrected chi connectivity index (χ2v) is 6.77. The molecule has 1 nitrogen and oxygen atoms in total. The summed E-state index contributed by atoms with van der Waals surface area (Å²) < 4.78 is 0. The number of unbranched alkanes of at least 4 members (excludes halogenated alkanes) is 1. The van der Waals surface area contributed by atoms with Gasteiger partial charge in [-0.15, -0.1) is 0 Å². The first-order chi connectivity index (χ1) is 4.35. The zero-order chi connectivity index (χ0) is 7.11. The van der Waals surface area contributed by atoms with Crippen LogP contribution in [0.2, 0.25) is 18.1 Å². The van der Waals surface area contributed by atoms with E-state index in [4.69, 9.17) is 0 Å². The van der Waals surface area contributed by atoms with Crippen LogP contribution in [0.4, 0.5) is 0 Å². The summed E-state index contributed by atoms with van der Waals surface area (Å²) in [6.45, 7) is 7.00. The summed E-state index contributed by atoms with van der Waals surface area (Å²) in [7, 11) is -0.210. The predicted molar refractivity (Wildman–Crippen MR) is 51.4 cm³/mol. The monoisotopic (exact) mass is 162 g/mol. The van der Waals surface area contributed by atoms with Gasteiger partial charge in [-0.2, -0.15) is 0 Å².